The summed E-state index contributed by atoms with van der Waals surface area (Å²) in [6, 6.07) is 17.5. The fraction of sp³-hybridized carbons (Fsp3) is 0.111. The Bertz CT molecular complexity index is 750. The molecule has 5 aromatic carbocycles. The second kappa shape index (κ2) is 3.23. The van der Waals surface area contributed by atoms with E-state index in [-0.39, 0.29) is 0 Å². The summed E-state index contributed by atoms with van der Waals surface area (Å²) in [7, 11) is 0. The molecule has 0 aromatic heterocycles. The molecule has 0 aliphatic heterocycles. The normalized spacial score (nSPS) is 11.9. The van der Waals surface area contributed by atoms with Crippen molar-refractivity contribution in [1.29, 1.82) is 0 Å². The van der Waals surface area contributed by atoms with Crippen LogP contribution in [0.15, 0.2) is 48.5 Å². The first-order chi connectivity index (χ1) is 8.79. The molecule has 0 spiro atoms. The van der Waals surface area contributed by atoms with E-state index < -0.39 is 0 Å². The number of benzene rings is 5. The Morgan fingerprint density at radius 1 is 0.500 bits per heavy atom. The average molecular weight is 230 g/mol. The van der Waals surface area contributed by atoms with Gasteiger partial charge in [0.1, 0.15) is 0 Å². The van der Waals surface area contributed by atoms with Crippen LogP contribution in [0.2, 0.25) is 0 Å². The number of rotatable bonds is 0. The summed E-state index contributed by atoms with van der Waals surface area (Å²) >= 11 is 0. The highest BCUT2D eigenvalue weighted by atomic mass is 14.2. The van der Waals surface area contributed by atoms with Crippen molar-refractivity contribution < 1.29 is 0 Å². The molecule has 0 saturated carbocycles. The van der Waals surface area contributed by atoms with Crippen molar-refractivity contribution in [2.24, 2.45) is 0 Å². The third-order valence-electron chi connectivity index (χ3n) is 4.24. The highest BCUT2D eigenvalue weighted by Crippen LogP contribution is 2.41. The van der Waals surface area contributed by atoms with Gasteiger partial charge in [-0.05, 0) is 57.3 Å². The number of hydrogen-bond donors (Lipinski definition) is 0. The van der Waals surface area contributed by atoms with E-state index >= 15 is 0 Å². The van der Waals surface area contributed by atoms with Crippen LogP contribution in [0.3, 0.4) is 0 Å². The molecule has 5 rings (SSSR count). The molecule has 0 saturated heterocycles. The molecule has 0 heterocycles. The van der Waals surface area contributed by atoms with E-state index in [1.807, 2.05) is 0 Å². The average Bonchev–Trinajstić information content (AvgIpc) is 2.42. The molecule has 0 amide bonds. The van der Waals surface area contributed by atoms with Crippen molar-refractivity contribution in [2.45, 2.75) is 13.8 Å². The minimum atomic E-state index is 1.40. The van der Waals surface area contributed by atoms with Crippen molar-refractivity contribution in [1.82, 2.24) is 0 Å². The standard InChI is InChI=1S/C18H14/c1-11-12(2)18-15-9-5-3-7-13(15)17(11)14-8-4-6-10-16(14)18/h3-10H,1-2H3. The largest absolute Gasteiger partial charge is 0.0616 e. The van der Waals surface area contributed by atoms with E-state index in [4.69, 9.17) is 0 Å². The van der Waals surface area contributed by atoms with Gasteiger partial charge in [0, 0.05) is 0 Å². The van der Waals surface area contributed by atoms with Gasteiger partial charge < -0.3 is 0 Å². The van der Waals surface area contributed by atoms with Crippen LogP contribution in [0.25, 0.3) is 32.3 Å². The monoisotopic (exact) mass is 230 g/mol. The number of hydrogen-bond acceptors (Lipinski definition) is 0. The molecule has 0 aliphatic rings. The lowest BCUT2D eigenvalue weighted by Crippen LogP contribution is -1.93. The maximum atomic E-state index is 2.25. The summed E-state index contributed by atoms with van der Waals surface area (Å²) in [6.07, 6.45) is 0. The van der Waals surface area contributed by atoms with Crippen LogP contribution in [0.4, 0.5) is 0 Å². The van der Waals surface area contributed by atoms with E-state index in [9.17, 15) is 0 Å². The lowest BCUT2D eigenvalue weighted by atomic mass is 9.85. The van der Waals surface area contributed by atoms with Crippen molar-refractivity contribution in [3.63, 3.8) is 0 Å². The maximum Gasteiger partial charge on any atom is -0.00668 e. The second-order valence-corrected chi connectivity index (χ2v) is 5.09. The Hall–Kier alpha value is -2.08. The van der Waals surface area contributed by atoms with Crippen LogP contribution >= 0.6 is 0 Å². The molecule has 5 aromatic rings. The van der Waals surface area contributed by atoms with Gasteiger partial charge in [-0.3, -0.25) is 0 Å². The molecule has 18 heavy (non-hydrogen) atoms. The summed E-state index contributed by atoms with van der Waals surface area (Å²) in [5, 5.41) is 8.44. The molecule has 0 heteroatoms. The van der Waals surface area contributed by atoms with Gasteiger partial charge >= 0.3 is 0 Å². The zero-order chi connectivity index (χ0) is 12.3. The third kappa shape index (κ3) is 1.01. The van der Waals surface area contributed by atoms with Gasteiger partial charge in [0.15, 0.2) is 0 Å². The Morgan fingerprint density at radius 3 is 1.06 bits per heavy atom. The van der Waals surface area contributed by atoms with Gasteiger partial charge in [-0.1, -0.05) is 48.5 Å². The molecule has 0 fully saturated rings. The Labute approximate surface area is 106 Å². The van der Waals surface area contributed by atoms with E-state index in [2.05, 4.69) is 62.4 Å². The molecular weight excluding hydrogens is 216 g/mol. The fourth-order valence-corrected chi connectivity index (χ4v) is 3.31. The molecule has 0 nitrogen and oxygen atoms in total. The molecule has 0 atom stereocenters. The molecule has 0 unspecified atom stereocenters. The summed E-state index contributed by atoms with van der Waals surface area (Å²) < 4.78 is 0. The molecule has 0 N–H and O–H groups in total. The molecule has 2 bridgehead atoms. The van der Waals surface area contributed by atoms with E-state index in [0.717, 1.165) is 0 Å². The first-order valence-electron chi connectivity index (χ1n) is 6.40. The van der Waals surface area contributed by atoms with Gasteiger partial charge in [0.2, 0.25) is 0 Å². The van der Waals surface area contributed by atoms with Crippen LogP contribution in [0.5, 0.6) is 0 Å². The summed E-state index contributed by atoms with van der Waals surface area (Å²) in [5.41, 5.74) is 2.87. The minimum Gasteiger partial charge on any atom is -0.0616 e. The highest BCUT2D eigenvalue weighted by molar-refractivity contribution is 6.29. The van der Waals surface area contributed by atoms with Gasteiger partial charge in [-0.2, -0.15) is 0 Å². The van der Waals surface area contributed by atoms with Crippen LogP contribution in [-0.2, 0) is 0 Å². The fourth-order valence-electron chi connectivity index (χ4n) is 3.31. The number of fused-ring (bicyclic) bond motifs is 1. The van der Waals surface area contributed by atoms with E-state index in [1.54, 1.807) is 0 Å². The first kappa shape index (κ1) is 9.90. The second-order valence-electron chi connectivity index (χ2n) is 5.09. The molecular formula is C18H14. The van der Waals surface area contributed by atoms with Gasteiger partial charge in [-0.25, -0.2) is 0 Å². The molecule has 86 valence electrons. The van der Waals surface area contributed by atoms with E-state index in [0.29, 0.717) is 0 Å². The summed E-state index contributed by atoms with van der Waals surface area (Å²) in [4.78, 5) is 0. The van der Waals surface area contributed by atoms with E-state index in [1.165, 1.54) is 43.4 Å². The first-order valence-corrected chi connectivity index (χ1v) is 6.40. The molecule has 0 aliphatic carbocycles. The van der Waals surface area contributed by atoms with Crippen molar-refractivity contribution in [3.05, 3.63) is 59.7 Å². The lowest BCUT2D eigenvalue weighted by molar-refractivity contribution is 1.42. The van der Waals surface area contributed by atoms with Crippen LogP contribution in [0.1, 0.15) is 11.1 Å². The van der Waals surface area contributed by atoms with Crippen LogP contribution in [0, 0.1) is 13.8 Å². The summed E-state index contributed by atoms with van der Waals surface area (Å²) in [5.74, 6) is 0. The quantitative estimate of drug-likeness (QED) is 0.364. The predicted molar refractivity (Wildman–Crippen MR) is 79.6 cm³/mol. The van der Waals surface area contributed by atoms with Crippen LogP contribution in [-0.4, -0.2) is 0 Å². The van der Waals surface area contributed by atoms with Crippen molar-refractivity contribution in [2.75, 3.05) is 0 Å². The van der Waals surface area contributed by atoms with Gasteiger partial charge in [-0.15, -0.1) is 0 Å². The third-order valence-corrected chi connectivity index (χ3v) is 4.24. The van der Waals surface area contributed by atoms with Crippen molar-refractivity contribution in [3.8, 4) is 0 Å². The van der Waals surface area contributed by atoms with Gasteiger partial charge in [0.25, 0.3) is 0 Å². The topological polar surface area (TPSA) is 0 Å². The Kier molecular flexibility index (Phi) is 1.78. The maximum absolute atomic E-state index is 2.25. The smallest absolute Gasteiger partial charge is 0.00668 e. The zero-order valence-corrected chi connectivity index (χ0v) is 10.6. The number of aryl methyl sites for hydroxylation is 2. The van der Waals surface area contributed by atoms with Crippen LogP contribution < -0.4 is 0 Å². The zero-order valence-electron chi connectivity index (χ0n) is 10.6. The highest BCUT2D eigenvalue weighted by Gasteiger charge is 2.15. The summed E-state index contributed by atoms with van der Waals surface area (Å²) in [6.45, 7) is 4.49. The Morgan fingerprint density at radius 2 is 0.778 bits per heavy atom. The molecule has 0 radical (unpaired) electrons. The minimum absolute atomic E-state index is 1.40. The van der Waals surface area contributed by atoms with Gasteiger partial charge in [0.05, 0.1) is 0 Å². The lowest BCUT2D eigenvalue weighted by Gasteiger charge is -2.18. The predicted octanol–water partition coefficient (Wildman–Crippen LogP) is 5.20. The van der Waals surface area contributed by atoms with Crippen molar-refractivity contribution >= 4 is 32.3 Å². The SMILES string of the molecule is Cc1c(C)c2c3ccccc3c1c1ccccc12. The Balaban J connectivity index is 2.52.